The van der Waals surface area contributed by atoms with Crippen molar-refractivity contribution in [2.24, 2.45) is 0 Å². The van der Waals surface area contributed by atoms with Crippen molar-refractivity contribution in [1.29, 1.82) is 0 Å². The Morgan fingerprint density at radius 2 is 1.85 bits per heavy atom. The molecular weight excluding hydrogens is 164 g/mol. The first kappa shape index (κ1) is 10.1. The van der Waals surface area contributed by atoms with Crippen LogP contribution in [0.4, 0.5) is 0 Å². The van der Waals surface area contributed by atoms with Crippen LogP contribution in [0.5, 0.6) is 5.75 Å². The van der Waals surface area contributed by atoms with Crippen molar-refractivity contribution >= 4 is 0 Å². The number of hydrogen-bond acceptors (Lipinski definition) is 2. The fourth-order valence-electron chi connectivity index (χ4n) is 1.55. The SMILES string of the molecule is COc1cc(C)c(CO)c(C)c1C. The van der Waals surface area contributed by atoms with Crippen molar-refractivity contribution in [3.05, 3.63) is 28.3 Å². The van der Waals surface area contributed by atoms with E-state index in [0.29, 0.717) is 0 Å². The molecule has 0 spiro atoms. The number of benzene rings is 1. The molecule has 0 unspecified atom stereocenters. The molecule has 13 heavy (non-hydrogen) atoms. The molecule has 0 aliphatic carbocycles. The van der Waals surface area contributed by atoms with E-state index >= 15 is 0 Å². The van der Waals surface area contributed by atoms with Gasteiger partial charge in [0.05, 0.1) is 13.7 Å². The van der Waals surface area contributed by atoms with Crippen LogP contribution < -0.4 is 4.74 Å². The van der Waals surface area contributed by atoms with Crippen LogP contribution in [0.2, 0.25) is 0 Å². The summed E-state index contributed by atoms with van der Waals surface area (Å²) in [6.45, 7) is 6.10. The van der Waals surface area contributed by atoms with E-state index in [1.807, 2.05) is 26.8 Å². The molecule has 0 bridgehead atoms. The van der Waals surface area contributed by atoms with E-state index in [2.05, 4.69) is 0 Å². The van der Waals surface area contributed by atoms with Gasteiger partial charge in [0.1, 0.15) is 5.75 Å². The van der Waals surface area contributed by atoms with Gasteiger partial charge < -0.3 is 9.84 Å². The predicted octanol–water partition coefficient (Wildman–Crippen LogP) is 2.11. The fourth-order valence-corrected chi connectivity index (χ4v) is 1.55. The first-order valence-electron chi connectivity index (χ1n) is 4.36. The Morgan fingerprint density at radius 3 is 2.31 bits per heavy atom. The van der Waals surface area contributed by atoms with Crippen LogP contribution in [0.3, 0.4) is 0 Å². The van der Waals surface area contributed by atoms with Gasteiger partial charge in [-0.25, -0.2) is 0 Å². The Kier molecular flexibility index (Phi) is 2.94. The highest BCUT2D eigenvalue weighted by atomic mass is 16.5. The molecule has 0 amide bonds. The molecule has 0 heterocycles. The molecule has 0 radical (unpaired) electrons. The number of hydrogen-bond donors (Lipinski definition) is 1. The summed E-state index contributed by atoms with van der Waals surface area (Å²) in [6.07, 6.45) is 0. The smallest absolute Gasteiger partial charge is 0.122 e. The monoisotopic (exact) mass is 180 g/mol. The molecule has 2 nitrogen and oxygen atoms in total. The lowest BCUT2D eigenvalue weighted by Gasteiger charge is -2.13. The average Bonchev–Trinajstić information content (AvgIpc) is 2.12. The lowest BCUT2D eigenvalue weighted by atomic mass is 9.98. The first-order chi connectivity index (χ1) is 6.11. The minimum Gasteiger partial charge on any atom is -0.496 e. The zero-order valence-electron chi connectivity index (χ0n) is 8.64. The summed E-state index contributed by atoms with van der Waals surface area (Å²) >= 11 is 0. The highest BCUT2D eigenvalue weighted by molar-refractivity contribution is 5.47. The third kappa shape index (κ3) is 1.68. The summed E-state index contributed by atoms with van der Waals surface area (Å²) in [5, 5.41) is 9.15. The minimum absolute atomic E-state index is 0.0997. The quantitative estimate of drug-likeness (QED) is 0.755. The third-order valence-electron chi connectivity index (χ3n) is 2.59. The molecule has 2 heteroatoms. The van der Waals surface area contributed by atoms with E-state index in [0.717, 1.165) is 28.0 Å². The molecule has 0 fully saturated rings. The number of aryl methyl sites for hydroxylation is 1. The van der Waals surface area contributed by atoms with Crippen LogP contribution in [0.15, 0.2) is 6.07 Å². The summed E-state index contributed by atoms with van der Waals surface area (Å²) in [5.74, 6) is 0.896. The van der Waals surface area contributed by atoms with Crippen molar-refractivity contribution in [3.63, 3.8) is 0 Å². The highest BCUT2D eigenvalue weighted by Gasteiger charge is 2.08. The second kappa shape index (κ2) is 3.79. The van der Waals surface area contributed by atoms with E-state index in [4.69, 9.17) is 9.84 Å². The highest BCUT2D eigenvalue weighted by Crippen LogP contribution is 2.27. The zero-order valence-corrected chi connectivity index (χ0v) is 8.64. The van der Waals surface area contributed by atoms with Gasteiger partial charge in [-0.3, -0.25) is 0 Å². The maximum Gasteiger partial charge on any atom is 0.122 e. The van der Waals surface area contributed by atoms with E-state index < -0.39 is 0 Å². The summed E-state index contributed by atoms with van der Waals surface area (Å²) in [4.78, 5) is 0. The summed E-state index contributed by atoms with van der Waals surface area (Å²) in [6, 6.07) is 1.97. The Bertz CT molecular complexity index is 316. The molecule has 1 N–H and O–H groups in total. The maximum atomic E-state index is 9.15. The fraction of sp³-hybridized carbons (Fsp3) is 0.455. The van der Waals surface area contributed by atoms with Crippen molar-refractivity contribution in [2.45, 2.75) is 27.4 Å². The molecule has 0 aliphatic rings. The topological polar surface area (TPSA) is 29.5 Å². The van der Waals surface area contributed by atoms with Crippen LogP contribution in [0.25, 0.3) is 0 Å². The second-order valence-corrected chi connectivity index (χ2v) is 3.28. The molecule has 72 valence electrons. The van der Waals surface area contributed by atoms with Crippen molar-refractivity contribution < 1.29 is 9.84 Å². The van der Waals surface area contributed by atoms with Crippen molar-refractivity contribution in [1.82, 2.24) is 0 Å². The molecule has 0 aromatic heterocycles. The molecule has 0 aliphatic heterocycles. The largest absolute Gasteiger partial charge is 0.496 e. The molecule has 0 saturated carbocycles. The van der Waals surface area contributed by atoms with Gasteiger partial charge in [0, 0.05) is 0 Å². The Labute approximate surface area is 79.2 Å². The number of aliphatic hydroxyl groups excluding tert-OH is 1. The van der Waals surface area contributed by atoms with Gasteiger partial charge in [0.15, 0.2) is 0 Å². The Balaban J connectivity index is 3.37. The van der Waals surface area contributed by atoms with E-state index in [9.17, 15) is 0 Å². The van der Waals surface area contributed by atoms with Gasteiger partial charge >= 0.3 is 0 Å². The molecular formula is C11H16O2. The number of rotatable bonds is 2. The lowest BCUT2D eigenvalue weighted by Crippen LogP contribution is -1.99. The zero-order chi connectivity index (χ0) is 10.0. The minimum atomic E-state index is 0.0997. The number of methoxy groups -OCH3 is 1. The van der Waals surface area contributed by atoms with Crippen LogP contribution in [-0.2, 0) is 6.61 Å². The number of aliphatic hydroxyl groups is 1. The third-order valence-corrected chi connectivity index (χ3v) is 2.59. The van der Waals surface area contributed by atoms with Crippen LogP contribution in [0.1, 0.15) is 22.3 Å². The predicted molar refractivity (Wildman–Crippen MR) is 53.1 cm³/mol. The molecule has 0 atom stereocenters. The molecule has 1 aromatic rings. The molecule has 1 aromatic carbocycles. The van der Waals surface area contributed by atoms with Crippen LogP contribution in [-0.4, -0.2) is 12.2 Å². The van der Waals surface area contributed by atoms with Crippen LogP contribution >= 0.6 is 0 Å². The summed E-state index contributed by atoms with van der Waals surface area (Å²) < 4.78 is 5.22. The lowest BCUT2D eigenvalue weighted by molar-refractivity contribution is 0.280. The van der Waals surface area contributed by atoms with Crippen molar-refractivity contribution in [3.8, 4) is 5.75 Å². The Morgan fingerprint density at radius 1 is 1.23 bits per heavy atom. The van der Waals surface area contributed by atoms with E-state index in [-0.39, 0.29) is 6.61 Å². The van der Waals surface area contributed by atoms with Gasteiger partial charge in [0.2, 0.25) is 0 Å². The van der Waals surface area contributed by atoms with Gasteiger partial charge in [-0.1, -0.05) is 0 Å². The van der Waals surface area contributed by atoms with E-state index in [1.54, 1.807) is 7.11 Å². The molecule has 0 saturated heterocycles. The van der Waals surface area contributed by atoms with Gasteiger partial charge in [-0.15, -0.1) is 0 Å². The average molecular weight is 180 g/mol. The second-order valence-electron chi connectivity index (χ2n) is 3.28. The Hall–Kier alpha value is -1.02. The first-order valence-corrected chi connectivity index (χ1v) is 4.36. The maximum absolute atomic E-state index is 9.15. The van der Waals surface area contributed by atoms with Crippen LogP contribution in [0, 0.1) is 20.8 Å². The standard InChI is InChI=1S/C11H16O2/c1-7-5-11(13-4)9(3)8(2)10(7)6-12/h5,12H,6H2,1-4H3. The number of ether oxygens (including phenoxy) is 1. The van der Waals surface area contributed by atoms with Gasteiger partial charge in [0.25, 0.3) is 0 Å². The summed E-state index contributed by atoms with van der Waals surface area (Å²) in [5.41, 5.74) is 4.33. The normalized spacial score (nSPS) is 10.2. The van der Waals surface area contributed by atoms with Crippen molar-refractivity contribution in [2.75, 3.05) is 7.11 Å². The van der Waals surface area contributed by atoms with Gasteiger partial charge in [-0.05, 0) is 49.1 Å². The van der Waals surface area contributed by atoms with Gasteiger partial charge in [-0.2, -0.15) is 0 Å². The van der Waals surface area contributed by atoms with E-state index in [1.165, 1.54) is 0 Å². The summed E-state index contributed by atoms with van der Waals surface area (Å²) in [7, 11) is 1.67. The molecule has 1 rings (SSSR count).